The molecule has 0 radical (unpaired) electrons. The molecule has 1 aliphatic heterocycles. The first-order chi connectivity index (χ1) is 12.4. The van der Waals surface area contributed by atoms with Crippen molar-refractivity contribution in [3.8, 4) is 0 Å². The number of hydrogen-bond donors (Lipinski definition) is 1. The van der Waals surface area contributed by atoms with Crippen LogP contribution >= 0.6 is 0 Å². The first-order valence-electron chi connectivity index (χ1n) is 8.31. The number of nitrogens with zero attached hydrogens (tertiary/aromatic N) is 2. The number of urea groups is 1. The van der Waals surface area contributed by atoms with Crippen molar-refractivity contribution in [2.75, 3.05) is 36.4 Å². The predicted molar refractivity (Wildman–Crippen MR) is 95.6 cm³/mol. The molecule has 0 saturated carbocycles. The fraction of sp³-hybridized carbons (Fsp3) is 0.263. The van der Waals surface area contributed by atoms with Crippen LogP contribution in [0, 0.1) is 11.6 Å². The smallest absolute Gasteiger partial charge is 0.321 e. The molecule has 2 aromatic carbocycles. The monoisotopic (exact) mass is 359 g/mol. The van der Waals surface area contributed by atoms with Gasteiger partial charge in [0.1, 0.15) is 11.6 Å². The number of Topliss-reactive ketones (excluding diaryl/α,β-unsaturated/α-hetero) is 1. The zero-order valence-corrected chi connectivity index (χ0v) is 14.3. The SMILES string of the molecule is CC(=O)c1ccc(NC(=O)N2CCN(c3ccc(F)cc3F)CC2)cc1. The molecular weight excluding hydrogens is 340 g/mol. The summed E-state index contributed by atoms with van der Waals surface area (Å²) in [7, 11) is 0. The summed E-state index contributed by atoms with van der Waals surface area (Å²) >= 11 is 0. The molecule has 0 bridgehead atoms. The minimum absolute atomic E-state index is 0.0352. The molecule has 0 aromatic heterocycles. The summed E-state index contributed by atoms with van der Waals surface area (Å²) in [5.41, 5.74) is 1.52. The normalized spacial score (nSPS) is 14.3. The van der Waals surface area contributed by atoms with Gasteiger partial charge in [0, 0.05) is 43.5 Å². The maximum atomic E-state index is 13.9. The highest BCUT2D eigenvalue weighted by molar-refractivity contribution is 5.95. The lowest BCUT2D eigenvalue weighted by molar-refractivity contribution is 0.101. The lowest BCUT2D eigenvalue weighted by Crippen LogP contribution is -2.50. The van der Waals surface area contributed by atoms with E-state index in [1.807, 2.05) is 0 Å². The molecule has 26 heavy (non-hydrogen) atoms. The number of halogens is 2. The zero-order valence-electron chi connectivity index (χ0n) is 14.3. The number of hydrogen-bond acceptors (Lipinski definition) is 3. The average Bonchev–Trinajstić information content (AvgIpc) is 2.62. The van der Waals surface area contributed by atoms with E-state index in [-0.39, 0.29) is 11.8 Å². The van der Waals surface area contributed by atoms with E-state index < -0.39 is 11.6 Å². The Kier molecular flexibility index (Phi) is 5.16. The van der Waals surface area contributed by atoms with E-state index in [0.29, 0.717) is 43.1 Å². The van der Waals surface area contributed by atoms with Gasteiger partial charge >= 0.3 is 6.03 Å². The van der Waals surface area contributed by atoms with Gasteiger partial charge in [-0.15, -0.1) is 0 Å². The number of carbonyl (C=O) groups excluding carboxylic acids is 2. The van der Waals surface area contributed by atoms with E-state index in [0.717, 1.165) is 6.07 Å². The van der Waals surface area contributed by atoms with Crippen molar-refractivity contribution < 1.29 is 18.4 Å². The maximum absolute atomic E-state index is 13.9. The van der Waals surface area contributed by atoms with Gasteiger partial charge < -0.3 is 15.1 Å². The highest BCUT2D eigenvalue weighted by atomic mass is 19.1. The highest BCUT2D eigenvalue weighted by Gasteiger charge is 2.23. The topological polar surface area (TPSA) is 52.7 Å². The second-order valence-corrected chi connectivity index (χ2v) is 6.13. The van der Waals surface area contributed by atoms with Crippen LogP contribution < -0.4 is 10.2 Å². The van der Waals surface area contributed by atoms with Crippen LogP contribution in [-0.2, 0) is 0 Å². The van der Waals surface area contributed by atoms with Crippen LogP contribution in [0.15, 0.2) is 42.5 Å². The van der Waals surface area contributed by atoms with E-state index in [1.165, 1.54) is 19.1 Å². The van der Waals surface area contributed by atoms with Crippen molar-refractivity contribution in [1.82, 2.24) is 4.90 Å². The number of carbonyl (C=O) groups is 2. The molecule has 1 fully saturated rings. The Balaban J connectivity index is 1.57. The number of benzene rings is 2. The highest BCUT2D eigenvalue weighted by Crippen LogP contribution is 2.22. The number of piperazine rings is 1. The first kappa shape index (κ1) is 17.8. The third-order valence-corrected chi connectivity index (χ3v) is 4.36. The van der Waals surface area contributed by atoms with Crippen molar-refractivity contribution in [3.63, 3.8) is 0 Å². The van der Waals surface area contributed by atoms with Gasteiger partial charge in [0.15, 0.2) is 5.78 Å². The van der Waals surface area contributed by atoms with Gasteiger partial charge in [-0.1, -0.05) is 0 Å². The molecule has 1 saturated heterocycles. The summed E-state index contributed by atoms with van der Waals surface area (Å²) in [4.78, 5) is 27.0. The number of nitrogens with one attached hydrogen (secondary N) is 1. The third-order valence-electron chi connectivity index (χ3n) is 4.36. The summed E-state index contributed by atoms with van der Waals surface area (Å²) in [5.74, 6) is -1.25. The van der Waals surface area contributed by atoms with Crippen molar-refractivity contribution >= 4 is 23.2 Å². The standard InChI is InChI=1S/C19H19F2N3O2/c1-13(25)14-2-5-16(6-3-14)22-19(26)24-10-8-23(9-11-24)18-7-4-15(20)12-17(18)21/h2-7,12H,8-11H2,1H3,(H,22,26). The summed E-state index contributed by atoms with van der Waals surface area (Å²) in [5, 5.41) is 2.78. The second kappa shape index (κ2) is 7.51. The Morgan fingerprint density at radius 3 is 2.19 bits per heavy atom. The first-order valence-corrected chi connectivity index (χ1v) is 8.31. The Bertz CT molecular complexity index is 816. The van der Waals surface area contributed by atoms with E-state index in [2.05, 4.69) is 5.32 Å². The molecule has 0 atom stereocenters. The molecule has 2 aromatic rings. The van der Waals surface area contributed by atoms with Crippen molar-refractivity contribution in [1.29, 1.82) is 0 Å². The van der Waals surface area contributed by atoms with Crippen molar-refractivity contribution in [2.45, 2.75) is 6.92 Å². The molecule has 1 aliphatic rings. The number of ketones is 1. The molecule has 7 heteroatoms. The average molecular weight is 359 g/mol. The van der Waals surface area contributed by atoms with Crippen LogP contribution in [0.2, 0.25) is 0 Å². The molecule has 1 heterocycles. The minimum atomic E-state index is -0.611. The van der Waals surface area contributed by atoms with Gasteiger partial charge in [0.05, 0.1) is 5.69 Å². The van der Waals surface area contributed by atoms with Crippen molar-refractivity contribution in [3.05, 3.63) is 59.7 Å². The largest absolute Gasteiger partial charge is 0.366 e. The Labute approximate surface area is 150 Å². The maximum Gasteiger partial charge on any atom is 0.321 e. The van der Waals surface area contributed by atoms with E-state index in [9.17, 15) is 18.4 Å². The van der Waals surface area contributed by atoms with Crippen LogP contribution in [0.1, 0.15) is 17.3 Å². The fourth-order valence-electron chi connectivity index (χ4n) is 2.88. The number of anilines is 2. The van der Waals surface area contributed by atoms with Gasteiger partial charge in [-0.3, -0.25) is 4.79 Å². The van der Waals surface area contributed by atoms with E-state index in [1.54, 1.807) is 34.1 Å². The summed E-state index contributed by atoms with van der Waals surface area (Å²) < 4.78 is 26.9. The Morgan fingerprint density at radius 2 is 1.62 bits per heavy atom. The summed E-state index contributed by atoms with van der Waals surface area (Å²) in [6, 6.07) is 9.93. The molecule has 1 N–H and O–H groups in total. The molecule has 0 aliphatic carbocycles. The van der Waals surface area contributed by atoms with E-state index in [4.69, 9.17) is 0 Å². The number of rotatable bonds is 3. The Hall–Kier alpha value is -2.96. The van der Waals surface area contributed by atoms with Crippen molar-refractivity contribution in [2.24, 2.45) is 0 Å². The van der Waals surface area contributed by atoms with Gasteiger partial charge in [-0.05, 0) is 43.3 Å². The van der Waals surface area contributed by atoms with Gasteiger partial charge in [0.25, 0.3) is 0 Å². The third kappa shape index (κ3) is 3.99. The molecule has 2 amide bonds. The molecule has 0 unspecified atom stereocenters. The Morgan fingerprint density at radius 1 is 0.962 bits per heavy atom. The summed E-state index contributed by atoms with van der Waals surface area (Å²) in [6.07, 6.45) is 0. The lowest BCUT2D eigenvalue weighted by atomic mass is 10.1. The molecule has 136 valence electrons. The van der Waals surface area contributed by atoms with Crippen LogP contribution in [0.5, 0.6) is 0 Å². The van der Waals surface area contributed by atoms with Gasteiger partial charge in [0.2, 0.25) is 0 Å². The molecular formula is C19H19F2N3O2. The summed E-state index contributed by atoms with van der Waals surface area (Å²) in [6.45, 7) is 3.25. The van der Waals surface area contributed by atoms with Crippen LogP contribution in [0.4, 0.5) is 25.0 Å². The molecule has 3 rings (SSSR count). The van der Waals surface area contributed by atoms with Gasteiger partial charge in [-0.2, -0.15) is 0 Å². The minimum Gasteiger partial charge on any atom is -0.366 e. The fourth-order valence-corrected chi connectivity index (χ4v) is 2.88. The van der Waals surface area contributed by atoms with Crippen LogP contribution in [0.3, 0.4) is 0 Å². The zero-order chi connectivity index (χ0) is 18.7. The van der Waals surface area contributed by atoms with Gasteiger partial charge in [-0.25, -0.2) is 13.6 Å². The second-order valence-electron chi connectivity index (χ2n) is 6.13. The lowest BCUT2D eigenvalue weighted by Gasteiger charge is -2.36. The number of amides is 2. The molecule has 5 nitrogen and oxygen atoms in total. The van der Waals surface area contributed by atoms with E-state index >= 15 is 0 Å². The van der Waals surface area contributed by atoms with Crippen LogP contribution in [-0.4, -0.2) is 42.9 Å². The predicted octanol–water partition coefficient (Wildman–Crippen LogP) is 3.52. The van der Waals surface area contributed by atoms with Crippen LogP contribution in [0.25, 0.3) is 0 Å². The quantitative estimate of drug-likeness (QED) is 0.853. The molecule has 0 spiro atoms.